The molecule has 1 unspecified atom stereocenters. The van der Waals surface area contributed by atoms with Crippen LogP contribution >= 0.6 is 0 Å². The maximum absolute atomic E-state index is 12.5. The largest absolute Gasteiger partial charge is 0.352 e. The van der Waals surface area contributed by atoms with Crippen molar-refractivity contribution in [2.75, 3.05) is 10.6 Å². The molecule has 0 spiro atoms. The van der Waals surface area contributed by atoms with E-state index in [0.29, 0.717) is 11.6 Å². The Labute approximate surface area is 137 Å². The summed E-state index contributed by atoms with van der Waals surface area (Å²) in [5.41, 5.74) is 4.03. The van der Waals surface area contributed by atoms with Gasteiger partial charge in [-0.2, -0.15) is 0 Å². The molecule has 2 aromatic rings. The summed E-state index contributed by atoms with van der Waals surface area (Å²) in [7, 11) is 0. The third-order valence-corrected chi connectivity index (χ3v) is 3.79. The summed E-state index contributed by atoms with van der Waals surface area (Å²) in [4.78, 5) is 21.2. The highest BCUT2D eigenvalue weighted by atomic mass is 16.1. The van der Waals surface area contributed by atoms with E-state index in [9.17, 15) is 4.79 Å². The first-order valence-corrected chi connectivity index (χ1v) is 7.90. The number of hydrogen-bond acceptors (Lipinski definition) is 4. The Bertz CT molecular complexity index is 692. The van der Waals surface area contributed by atoms with Gasteiger partial charge in [0, 0.05) is 17.4 Å². The molecule has 0 radical (unpaired) electrons. The lowest BCUT2D eigenvalue weighted by molar-refractivity contribution is 0.102. The Hall–Kier alpha value is -2.43. The van der Waals surface area contributed by atoms with E-state index < -0.39 is 0 Å². The highest BCUT2D eigenvalue weighted by Gasteiger charge is 2.14. The standard InChI is InChI=1S/C18H24N4O/c1-6-13(4)19-18-20-14(5)10-15(21-18)17(23)22-16-11(2)8-7-9-12(16)3/h7-10,13H,6H2,1-5H3,(H,22,23)(H,19,20,21). The van der Waals surface area contributed by atoms with Crippen LogP contribution in [-0.2, 0) is 0 Å². The van der Waals surface area contributed by atoms with Crippen molar-refractivity contribution in [2.24, 2.45) is 0 Å². The highest BCUT2D eigenvalue weighted by Crippen LogP contribution is 2.20. The maximum Gasteiger partial charge on any atom is 0.274 e. The fourth-order valence-corrected chi connectivity index (χ4v) is 2.26. The number of hydrogen-bond donors (Lipinski definition) is 2. The summed E-state index contributed by atoms with van der Waals surface area (Å²) in [5.74, 6) is 0.270. The van der Waals surface area contributed by atoms with Crippen LogP contribution < -0.4 is 10.6 Å². The fourth-order valence-electron chi connectivity index (χ4n) is 2.26. The van der Waals surface area contributed by atoms with Gasteiger partial charge < -0.3 is 10.6 Å². The van der Waals surface area contributed by atoms with E-state index in [0.717, 1.165) is 28.9 Å². The Balaban J connectivity index is 2.25. The summed E-state index contributed by atoms with van der Waals surface area (Å²) >= 11 is 0. The van der Waals surface area contributed by atoms with Gasteiger partial charge in [0.25, 0.3) is 5.91 Å². The van der Waals surface area contributed by atoms with Crippen molar-refractivity contribution in [1.29, 1.82) is 0 Å². The second-order valence-corrected chi connectivity index (χ2v) is 5.89. The third kappa shape index (κ3) is 4.28. The van der Waals surface area contributed by atoms with Crippen molar-refractivity contribution in [3.63, 3.8) is 0 Å². The quantitative estimate of drug-likeness (QED) is 0.879. The molecule has 0 saturated heterocycles. The Morgan fingerprint density at radius 3 is 2.43 bits per heavy atom. The predicted molar refractivity (Wildman–Crippen MR) is 94.0 cm³/mol. The molecule has 1 amide bonds. The molecule has 2 rings (SSSR count). The van der Waals surface area contributed by atoms with Gasteiger partial charge >= 0.3 is 0 Å². The second-order valence-electron chi connectivity index (χ2n) is 5.89. The number of aryl methyl sites for hydroxylation is 3. The maximum atomic E-state index is 12.5. The van der Waals surface area contributed by atoms with Gasteiger partial charge in [-0.25, -0.2) is 9.97 Å². The minimum absolute atomic E-state index is 0.222. The summed E-state index contributed by atoms with van der Waals surface area (Å²) in [6, 6.07) is 7.88. The lowest BCUT2D eigenvalue weighted by Crippen LogP contribution is -2.20. The third-order valence-electron chi connectivity index (χ3n) is 3.79. The molecule has 0 saturated carbocycles. The number of benzene rings is 1. The zero-order chi connectivity index (χ0) is 17.0. The van der Waals surface area contributed by atoms with E-state index in [4.69, 9.17) is 0 Å². The Morgan fingerprint density at radius 2 is 1.83 bits per heavy atom. The van der Waals surface area contributed by atoms with E-state index in [1.165, 1.54) is 0 Å². The number of nitrogens with one attached hydrogen (secondary N) is 2. The Kier molecular flexibility index (Phi) is 5.32. The van der Waals surface area contributed by atoms with E-state index in [2.05, 4.69) is 34.4 Å². The molecule has 0 bridgehead atoms. The summed E-state index contributed by atoms with van der Waals surface area (Å²) < 4.78 is 0. The second kappa shape index (κ2) is 7.22. The molecule has 5 nitrogen and oxygen atoms in total. The molecule has 0 aliphatic carbocycles. The molecule has 5 heteroatoms. The van der Waals surface area contributed by atoms with E-state index in [-0.39, 0.29) is 11.9 Å². The van der Waals surface area contributed by atoms with Crippen LogP contribution in [0.15, 0.2) is 24.3 Å². The van der Waals surface area contributed by atoms with Crippen LogP contribution in [0.5, 0.6) is 0 Å². The van der Waals surface area contributed by atoms with Gasteiger partial charge in [0.15, 0.2) is 0 Å². The Morgan fingerprint density at radius 1 is 1.17 bits per heavy atom. The lowest BCUT2D eigenvalue weighted by Gasteiger charge is -2.14. The lowest BCUT2D eigenvalue weighted by atomic mass is 10.1. The van der Waals surface area contributed by atoms with Crippen LogP contribution in [-0.4, -0.2) is 21.9 Å². The first kappa shape index (κ1) is 16.9. The summed E-state index contributed by atoms with van der Waals surface area (Å²) in [5, 5.41) is 6.17. The SMILES string of the molecule is CCC(C)Nc1nc(C)cc(C(=O)Nc2c(C)cccc2C)n1. The zero-order valence-corrected chi connectivity index (χ0v) is 14.4. The molecule has 1 atom stereocenters. The normalized spacial score (nSPS) is 11.9. The zero-order valence-electron chi connectivity index (χ0n) is 14.4. The van der Waals surface area contributed by atoms with Crippen molar-refractivity contribution in [1.82, 2.24) is 9.97 Å². The molecule has 0 aliphatic rings. The molecule has 0 aliphatic heterocycles. The van der Waals surface area contributed by atoms with E-state index in [1.54, 1.807) is 6.07 Å². The molecule has 1 heterocycles. The number of carbonyl (C=O) groups is 1. The smallest absolute Gasteiger partial charge is 0.274 e. The number of aromatic nitrogens is 2. The average Bonchev–Trinajstić information content (AvgIpc) is 2.50. The topological polar surface area (TPSA) is 66.9 Å². The van der Waals surface area contributed by atoms with Crippen LogP contribution in [0, 0.1) is 20.8 Å². The van der Waals surface area contributed by atoms with Gasteiger partial charge in [-0.1, -0.05) is 25.1 Å². The average molecular weight is 312 g/mol. The molecule has 122 valence electrons. The van der Waals surface area contributed by atoms with Gasteiger partial charge in [-0.05, 0) is 51.3 Å². The van der Waals surface area contributed by atoms with Gasteiger partial charge in [0.2, 0.25) is 5.95 Å². The van der Waals surface area contributed by atoms with Crippen LogP contribution in [0.2, 0.25) is 0 Å². The predicted octanol–water partition coefficient (Wildman–Crippen LogP) is 3.86. The van der Waals surface area contributed by atoms with Crippen LogP contribution in [0.25, 0.3) is 0 Å². The van der Waals surface area contributed by atoms with Crippen LogP contribution in [0.3, 0.4) is 0 Å². The number of amides is 1. The van der Waals surface area contributed by atoms with Crippen molar-refractivity contribution in [2.45, 2.75) is 47.1 Å². The van der Waals surface area contributed by atoms with Crippen LogP contribution in [0.1, 0.15) is 47.6 Å². The van der Waals surface area contributed by atoms with Crippen LogP contribution in [0.4, 0.5) is 11.6 Å². The van der Waals surface area contributed by atoms with Crippen molar-refractivity contribution in [3.8, 4) is 0 Å². The molecule has 1 aromatic carbocycles. The minimum Gasteiger partial charge on any atom is -0.352 e. The molecule has 2 N–H and O–H groups in total. The first-order valence-electron chi connectivity index (χ1n) is 7.90. The molecule has 0 fully saturated rings. The minimum atomic E-state index is -0.222. The molecule has 23 heavy (non-hydrogen) atoms. The van der Waals surface area contributed by atoms with E-state index >= 15 is 0 Å². The van der Waals surface area contributed by atoms with Gasteiger partial charge in [0.05, 0.1) is 0 Å². The van der Waals surface area contributed by atoms with Gasteiger partial charge in [-0.15, -0.1) is 0 Å². The monoisotopic (exact) mass is 312 g/mol. The molecular formula is C18H24N4O. The van der Waals surface area contributed by atoms with Gasteiger partial charge in [-0.3, -0.25) is 4.79 Å². The van der Waals surface area contributed by atoms with Crippen molar-refractivity contribution >= 4 is 17.5 Å². The number of para-hydroxylation sites is 1. The van der Waals surface area contributed by atoms with Gasteiger partial charge in [0.1, 0.15) is 5.69 Å². The highest BCUT2D eigenvalue weighted by molar-refractivity contribution is 6.03. The molecule has 1 aromatic heterocycles. The van der Waals surface area contributed by atoms with Crippen molar-refractivity contribution < 1.29 is 4.79 Å². The first-order chi connectivity index (χ1) is 10.9. The molecular weight excluding hydrogens is 288 g/mol. The number of rotatable bonds is 5. The van der Waals surface area contributed by atoms with Crippen molar-refractivity contribution in [3.05, 3.63) is 46.8 Å². The number of carbonyl (C=O) groups excluding carboxylic acids is 1. The summed E-state index contributed by atoms with van der Waals surface area (Å²) in [6.07, 6.45) is 0.960. The summed E-state index contributed by atoms with van der Waals surface area (Å²) in [6.45, 7) is 9.96. The fraction of sp³-hybridized carbons (Fsp3) is 0.389. The number of anilines is 2. The number of nitrogens with zero attached hydrogens (tertiary/aromatic N) is 2. The van der Waals surface area contributed by atoms with E-state index in [1.807, 2.05) is 39.0 Å².